The predicted molar refractivity (Wildman–Crippen MR) is 86.9 cm³/mol. The number of nitrogens with one attached hydrogen (secondary N) is 1. The van der Waals surface area contributed by atoms with Crippen molar-refractivity contribution in [3.05, 3.63) is 48.0 Å². The van der Waals surface area contributed by atoms with Crippen LogP contribution in [0.1, 0.15) is 24.2 Å². The van der Waals surface area contributed by atoms with Crippen molar-refractivity contribution in [2.45, 2.75) is 38.5 Å². The normalized spacial score (nSPS) is 23.9. The predicted octanol–water partition coefficient (Wildman–Crippen LogP) is 0.895. The molecule has 1 fully saturated rings. The Labute approximate surface area is 135 Å². The fourth-order valence-electron chi connectivity index (χ4n) is 3.02. The molecular weight excluding hydrogens is 292 g/mol. The van der Waals surface area contributed by atoms with Crippen molar-refractivity contribution in [3.63, 3.8) is 0 Å². The van der Waals surface area contributed by atoms with E-state index < -0.39 is 6.10 Å². The topological polar surface area (TPSA) is 93.2 Å². The highest BCUT2D eigenvalue weighted by Gasteiger charge is 2.34. The second kappa shape index (κ2) is 6.52. The SMILES string of the molecule is Cc1nccn1-c1ccc(CNC(=O)[C@H]2C[C@H](N)[C@@H](O)C2)cc1. The van der Waals surface area contributed by atoms with Crippen molar-refractivity contribution in [2.24, 2.45) is 11.7 Å². The Morgan fingerprint density at radius 3 is 2.70 bits per heavy atom. The van der Waals surface area contributed by atoms with Crippen molar-refractivity contribution in [2.75, 3.05) is 0 Å². The van der Waals surface area contributed by atoms with Gasteiger partial charge in [-0.3, -0.25) is 4.79 Å². The van der Waals surface area contributed by atoms with Gasteiger partial charge in [0, 0.05) is 36.6 Å². The number of imidazole rings is 1. The molecule has 3 atom stereocenters. The molecule has 6 nitrogen and oxygen atoms in total. The molecule has 4 N–H and O–H groups in total. The van der Waals surface area contributed by atoms with Gasteiger partial charge < -0.3 is 20.7 Å². The summed E-state index contributed by atoms with van der Waals surface area (Å²) in [6.07, 6.45) is 4.12. The van der Waals surface area contributed by atoms with Crippen molar-refractivity contribution >= 4 is 5.91 Å². The lowest BCUT2D eigenvalue weighted by molar-refractivity contribution is -0.125. The average Bonchev–Trinajstić information content (AvgIpc) is 3.12. The van der Waals surface area contributed by atoms with Crippen LogP contribution in [-0.4, -0.2) is 32.7 Å². The Bertz CT molecular complexity index is 670. The number of carbonyl (C=O) groups excluding carboxylic acids is 1. The van der Waals surface area contributed by atoms with Gasteiger partial charge in [0.2, 0.25) is 5.91 Å². The number of carbonyl (C=O) groups is 1. The fourth-order valence-corrected chi connectivity index (χ4v) is 3.02. The molecule has 0 radical (unpaired) electrons. The molecule has 122 valence electrons. The second-order valence-corrected chi connectivity index (χ2v) is 6.13. The standard InChI is InChI=1S/C17H22N4O2/c1-11-19-6-7-21(11)14-4-2-12(3-5-14)10-20-17(23)13-8-15(18)16(22)9-13/h2-7,13,15-16,22H,8-10,18H2,1H3,(H,20,23)/t13-,15-,16-/m0/s1. The maximum atomic E-state index is 12.1. The Balaban J connectivity index is 1.57. The van der Waals surface area contributed by atoms with Gasteiger partial charge in [-0.1, -0.05) is 12.1 Å². The summed E-state index contributed by atoms with van der Waals surface area (Å²) in [6.45, 7) is 2.43. The van der Waals surface area contributed by atoms with E-state index in [2.05, 4.69) is 10.3 Å². The van der Waals surface area contributed by atoms with E-state index >= 15 is 0 Å². The molecule has 1 amide bonds. The van der Waals surface area contributed by atoms with Crippen LogP contribution in [0.3, 0.4) is 0 Å². The number of aromatic nitrogens is 2. The van der Waals surface area contributed by atoms with Crippen molar-refractivity contribution in [1.82, 2.24) is 14.9 Å². The van der Waals surface area contributed by atoms with Gasteiger partial charge in [0.25, 0.3) is 0 Å². The molecule has 1 aliphatic rings. The molecule has 0 saturated heterocycles. The van der Waals surface area contributed by atoms with Crippen molar-refractivity contribution < 1.29 is 9.90 Å². The maximum Gasteiger partial charge on any atom is 0.223 e. The first-order chi connectivity index (χ1) is 11.0. The van der Waals surface area contributed by atoms with Gasteiger partial charge in [-0.25, -0.2) is 4.98 Å². The van der Waals surface area contributed by atoms with Gasteiger partial charge in [-0.15, -0.1) is 0 Å². The Hall–Kier alpha value is -2.18. The number of hydrogen-bond donors (Lipinski definition) is 3. The van der Waals surface area contributed by atoms with Gasteiger partial charge in [-0.2, -0.15) is 0 Å². The minimum absolute atomic E-state index is 0.0356. The maximum absolute atomic E-state index is 12.1. The summed E-state index contributed by atoms with van der Waals surface area (Å²) in [5.74, 6) is 0.710. The van der Waals surface area contributed by atoms with Crippen LogP contribution in [0, 0.1) is 12.8 Å². The fraction of sp³-hybridized carbons (Fsp3) is 0.412. The molecule has 1 aromatic carbocycles. The highest BCUT2D eigenvalue weighted by molar-refractivity contribution is 5.79. The van der Waals surface area contributed by atoms with E-state index in [-0.39, 0.29) is 17.9 Å². The second-order valence-electron chi connectivity index (χ2n) is 6.13. The first kappa shape index (κ1) is 15.7. The number of aryl methyl sites for hydroxylation is 1. The average molecular weight is 314 g/mol. The van der Waals surface area contributed by atoms with Crippen molar-refractivity contribution in [3.8, 4) is 5.69 Å². The molecule has 0 spiro atoms. The summed E-state index contributed by atoms with van der Waals surface area (Å²) in [5.41, 5.74) is 7.82. The number of nitrogens with two attached hydrogens (primary N) is 1. The number of benzene rings is 1. The Morgan fingerprint density at radius 1 is 1.39 bits per heavy atom. The highest BCUT2D eigenvalue weighted by Crippen LogP contribution is 2.24. The van der Waals surface area contributed by atoms with Gasteiger partial charge in [0.1, 0.15) is 5.82 Å². The van der Waals surface area contributed by atoms with E-state index in [0.717, 1.165) is 17.1 Å². The molecule has 0 unspecified atom stereocenters. The number of aliphatic hydroxyl groups excluding tert-OH is 1. The monoisotopic (exact) mass is 314 g/mol. The van der Waals surface area contributed by atoms with Gasteiger partial charge in [-0.05, 0) is 37.5 Å². The summed E-state index contributed by atoms with van der Waals surface area (Å²) in [5, 5.41) is 12.6. The molecule has 23 heavy (non-hydrogen) atoms. The lowest BCUT2D eigenvalue weighted by atomic mass is 10.1. The number of hydrogen-bond acceptors (Lipinski definition) is 4. The lowest BCUT2D eigenvalue weighted by Gasteiger charge is -2.11. The molecule has 1 heterocycles. The third-order valence-corrected chi connectivity index (χ3v) is 4.45. The van der Waals surface area contributed by atoms with E-state index in [4.69, 9.17) is 5.73 Å². The number of rotatable bonds is 4. The summed E-state index contributed by atoms with van der Waals surface area (Å²) in [4.78, 5) is 16.3. The molecule has 1 aliphatic carbocycles. The smallest absolute Gasteiger partial charge is 0.223 e. The largest absolute Gasteiger partial charge is 0.391 e. The van der Waals surface area contributed by atoms with Crippen LogP contribution >= 0.6 is 0 Å². The molecular formula is C17H22N4O2. The van der Waals surface area contributed by atoms with Crippen LogP contribution in [0.15, 0.2) is 36.7 Å². The minimum Gasteiger partial charge on any atom is -0.391 e. The van der Waals surface area contributed by atoms with Gasteiger partial charge >= 0.3 is 0 Å². The van der Waals surface area contributed by atoms with Crippen LogP contribution in [0.25, 0.3) is 5.69 Å². The van der Waals surface area contributed by atoms with Crippen LogP contribution < -0.4 is 11.1 Å². The summed E-state index contributed by atoms with van der Waals surface area (Å²) >= 11 is 0. The molecule has 1 aromatic heterocycles. The molecule has 3 rings (SSSR count). The summed E-state index contributed by atoms with van der Waals surface area (Å²) in [6, 6.07) is 7.70. The highest BCUT2D eigenvalue weighted by atomic mass is 16.3. The van der Waals surface area contributed by atoms with E-state index in [1.165, 1.54) is 0 Å². The minimum atomic E-state index is -0.566. The van der Waals surface area contributed by atoms with Crippen LogP contribution in [0.5, 0.6) is 0 Å². The number of amides is 1. The van der Waals surface area contributed by atoms with Crippen LogP contribution in [0.2, 0.25) is 0 Å². The zero-order valence-electron chi connectivity index (χ0n) is 13.1. The summed E-state index contributed by atoms with van der Waals surface area (Å²) < 4.78 is 2.00. The Kier molecular flexibility index (Phi) is 4.45. The third kappa shape index (κ3) is 3.43. The third-order valence-electron chi connectivity index (χ3n) is 4.45. The Morgan fingerprint density at radius 2 is 2.13 bits per heavy atom. The quantitative estimate of drug-likeness (QED) is 0.781. The van der Waals surface area contributed by atoms with E-state index in [1.54, 1.807) is 6.20 Å². The zero-order valence-corrected chi connectivity index (χ0v) is 13.1. The van der Waals surface area contributed by atoms with Crippen LogP contribution in [-0.2, 0) is 11.3 Å². The van der Waals surface area contributed by atoms with Crippen molar-refractivity contribution in [1.29, 1.82) is 0 Å². The molecule has 1 saturated carbocycles. The number of aliphatic hydroxyl groups is 1. The van der Waals surface area contributed by atoms with Crippen LogP contribution in [0.4, 0.5) is 0 Å². The van der Waals surface area contributed by atoms with Gasteiger partial charge in [0.05, 0.1) is 6.10 Å². The molecule has 2 aromatic rings. The van der Waals surface area contributed by atoms with Gasteiger partial charge in [0.15, 0.2) is 0 Å². The summed E-state index contributed by atoms with van der Waals surface area (Å²) in [7, 11) is 0. The molecule has 0 aliphatic heterocycles. The zero-order chi connectivity index (χ0) is 16.4. The van der Waals surface area contributed by atoms with E-state index in [1.807, 2.05) is 42.0 Å². The van der Waals surface area contributed by atoms with E-state index in [0.29, 0.717) is 19.4 Å². The first-order valence-corrected chi connectivity index (χ1v) is 7.85. The molecule has 0 bridgehead atoms. The lowest BCUT2D eigenvalue weighted by Crippen LogP contribution is -2.30. The number of nitrogens with zero attached hydrogens (tertiary/aromatic N) is 2. The van der Waals surface area contributed by atoms with E-state index in [9.17, 15) is 9.90 Å². The first-order valence-electron chi connectivity index (χ1n) is 7.85. The molecule has 6 heteroatoms.